The van der Waals surface area contributed by atoms with E-state index in [1.54, 1.807) is 12.1 Å². The van der Waals surface area contributed by atoms with Gasteiger partial charge in [-0.25, -0.2) is 0 Å². The Labute approximate surface area is 110 Å². The van der Waals surface area contributed by atoms with Crippen LogP contribution in [0, 0.1) is 16.7 Å². The summed E-state index contributed by atoms with van der Waals surface area (Å²) < 4.78 is 10.5. The molecule has 1 aromatic rings. The van der Waals surface area contributed by atoms with Crippen LogP contribution in [-0.2, 0) is 0 Å². The van der Waals surface area contributed by atoms with Crippen LogP contribution in [0.1, 0.15) is 30.9 Å². The van der Waals surface area contributed by atoms with Gasteiger partial charge in [-0.05, 0) is 30.5 Å². The van der Waals surface area contributed by atoms with Crippen LogP contribution in [0.4, 0.5) is 0 Å². The molecule has 94 valence electrons. The number of ether oxygens (including phenoxy) is 2. The first-order chi connectivity index (χ1) is 8.66. The van der Waals surface area contributed by atoms with Crippen LogP contribution in [0.25, 0.3) is 0 Å². The van der Waals surface area contributed by atoms with Gasteiger partial charge in [0.05, 0.1) is 22.6 Å². The number of halogens is 1. The van der Waals surface area contributed by atoms with Crippen molar-refractivity contribution in [3.05, 3.63) is 22.7 Å². The van der Waals surface area contributed by atoms with Crippen LogP contribution < -0.4 is 9.47 Å². The lowest BCUT2D eigenvalue weighted by molar-refractivity contribution is 0.00785. The molecule has 0 radical (unpaired) electrons. The fourth-order valence-corrected chi connectivity index (χ4v) is 2.74. The summed E-state index contributed by atoms with van der Waals surface area (Å²) in [5, 5.41) is 20.0. The molecule has 1 saturated carbocycles. The number of nitriles is 1. The van der Waals surface area contributed by atoms with Gasteiger partial charge in [0.2, 0.25) is 6.79 Å². The van der Waals surface area contributed by atoms with Crippen LogP contribution in [0.5, 0.6) is 11.5 Å². The van der Waals surface area contributed by atoms with E-state index in [1.807, 2.05) is 0 Å². The van der Waals surface area contributed by atoms with Crippen LogP contribution in [0.3, 0.4) is 0 Å². The molecule has 0 spiro atoms. The first kappa shape index (κ1) is 11.6. The van der Waals surface area contributed by atoms with E-state index in [0.717, 1.165) is 19.3 Å². The topological polar surface area (TPSA) is 62.5 Å². The van der Waals surface area contributed by atoms with Gasteiger partial charge in [0.15, 0.2) is 11.5 Å². The van der Waals surface area contributed by atoms with Crippen molar-refractivity contribution in [1.29, 1.82) is 5.26 Å². The second-order valence-corrected chi connectivity index (χ2v) is 5.17. The molecule has 1 aliphatic heterocycles. The number of nitrogens with zero attached hydrogens (tertiary/aromatic N) is 1. The Kier molecular flexibility index (Phi) is 2.61. The molecule has 1 aromatic carbocycles. The summed E-state index contributed by atoms with van der Waals surface area (Å²) in [6.45, 7) is 0.137. The molecular formula is C13H12ClNO3. The number of hydrogen-bond acceptors (Lipinski definition) is 4. The van der Waals surface area contributed by atoms with Gasteiger partial charge < -0.3 is 14.6 Å². The summed E-state index contributed by atoms with van der Waals surface area (Å²) >= 11 is 6.07. The highest BCUT2D eigenvalue weighted by Gasteiger charge is 2.45. The Morgan fingerprint density at radius 2 is 2.17 bits per heavy atom. The molecule has 3 rings (SSSR count). The third-order valence-electron chi connectivity index (χ3n) is 3.76. The maximum Gasteiger partial charge on any atom is 0.231 e. The van der Waals surface area contributed by atoms with Crippen LogP contribution in [-0.4, -0.2) is 11.9 Å². The molecule has 0 bridgehead atoms. The monoisotopic (exact) mass is 265 g/mol. The van der Waals surface area contributed by atoms with Crippen molar-refractivity contribution in [3.8, 4) is 17.6 Å². The van der Waals surface area contributed by atoms with Crippen molar-refractivity contribution >= 4 is 11.6 Å². The number of rotatable bonds is 2. The molecular weight excluding hydrogens is 254 g/mol. The number of benzene rings is 1. The van der Waals surface area contributed by atoms with Crippen LogP contribution in [0.2, 0.25) is 5.02 Å². The Morgan fingerprint density at radius 3 is 2.78 bits per heavy atom. The fraction of sp³-hybridized carbons (Fsp3) is 0.462. The van der Waals surface area contributed by atoms with Gasteiger partial charge in [-0.2, -0.15) is 5.26 Å². The first-order valence-electron chi connectivity index (χ1n) is 5.85. The zero-order chi connectivity index (χ0) is 12.8. The van der Waals surface area contributed by atoms with Crippen molar-refractivity contribution in [2.24, 2.45) is 5.41 Å². The zero-order valence-electron chi connectivity index (χ0n) is 9.65. The van der Waals surface area contributed by atoms with Crippen molar-refractivity contribution in [1.82, 2.24) is 0 Å². The standard InChI is InChI=1S/C13H12ClNO3/c14-9-4-8(5-10-11(9)18-7-17-10)12(16)13(6-15)2-1-3-13/h4-5,12,16H,1-3,7H2. The van der Waals surface area contributed by atoms with Crippen molar-refractivity contribution in [2.75, 3.05) is 6.79 Å². The predicted molar refractivity (Wildman–Crippen MR) is 64.4 cm³/mol. The van der Waals surface area contributed by atoms with Gasteiger partial charge in [0.25, 0.3) is 0 Å². The van der Waals surface area contributed by atoms with Crippen molar-refractivity contribution in [2.45, 2.75) is 25.4 Å². The molecule has 1 fully saturated rings. The van der Waals surface area contributed by atoms with E-state index in [0.29, 0.717) is 22.1 Å². The summed E-state index contributed by atoms with van der Waals surface area (Å²) in [6.07, 6.45) is 1.58. The summed E-state index contributed by atoms with van der Waals surface area (Å²) in [7, 11) is 0. The van der Waals surface area contributed by atoms with Crippen LogP contribution in [0.15, 0.2) is 12.1 Å². The number of aliphatic hydroxyl groups excluding tert-OH is 1. The molecule has 1 aliphatic carbocycles. The third-order valence-corrected chi connectivity index (χ3v) is 4.04. The largest absolute Gasteiger partial charge is 0.454 e. The summed E-state index contributed by atoms with van der Waals surface area (Å²) in [6, 6.07) is 5.59. The predicted octanol–water partition coefficient (Wildman–Crippen LogP) is 2.80. The highest BCUT2D eigenvalue weighted by molar-refractivity contribution is 6.32. The third kappa shape index (κ3) is 1.55. The van der Waals surface area contributed by atoms with Crippen LogP contribution >= 0.6 is 11.6 Å². The van der Waals surface area contributed by atoms with Crippen molar-refractivity contribution < 1.29 is 14.6 Å². The lowest BCUT2D eigenvalue weighted by Gasteiger charge is -2.39. The molecule has 0 amide bonds. The maximum atomic E-state index is 10.4. The second kappa shape index (κ2) is 4.04. The van der Waals surface area contributed by atoms with Gasteiger partial charge in [-0.1, -0.05) is 18.0 Å². The van der Waals surface area contributed by atoms with Gasteiger partial charge in [0, 0.05) is 0 Å². The smallest absolute Gasteiger partial charge is 0.231 e. The normalized spacial score (nSPS) is 20.9. The first-order valence-corrected chi connectivity index (χ1v) is 6.22. The molecule has 4 nitrogen and oxygen atoms in total. The minimum Gasteiger partial charge on any atom is -0.454 e. The van der Waals surface area contributed by atoms with Gasteiger partial charge >= 0.3 is 0 Å². The maximum absolute atomic E-state index is 10.4. The van der Waals surface area contributed by atoms with E-state index in [4.69, 9.17) is 21.1 Å². The number of aliphatic hydroxyl groups is 1. The molecule has 2 aliphatic rings. The number of fused-ring (bicyclic) bond motifs is 1. The Hall–Kier alpha value is -1.44. The van der Waals surface area contributed by atoms with E-state index in [9.17, 15) is 10.4 Å². The number of hydrogen-bond donors (Lipinski definition) is 1. The molecule has 1 unspecified atom stereocenters. The molecule has 1 atom stereocenters. The minimum absolute atomic E-state index is 0.137. The Morgan fingerprint density at radius 1 is 1.39 bits per heavy atom. The van der Waals surface area contributed by atoms with Crippen molar-refractivity contribution in [3.63, 3.8) is 0 Å². The van der Waals surface area contributed by atoms with Gasteiger partial charge in [0.1, 0.15) is 0 Å². The fourth-order valence-electron chi connectivity index (χ4n) is 2.47. The van der Waals surface area contributed by atoms with E-state index in [-0.39, 0.29) is 6.79 Å². The SMILES string of the molecule is N#CC1(C(O)c2cc(Cl)c3c(c2)OCO3)CCC1. The highest BCUT2D eigenvalue weighted by atomic mass is 35.5. The van der Waals surface area contributed by atoms with E-state index in [1.165, 1.54) is 0 Å². The summed E-state index contributed by atoms with van der Waals surface area (Å²) in [4.78, 5) is 0. The van der Waals surface area contributed by atoms with E-state index < -0.39 is 11.5 Å². The Bertz CT molecular complexity index is 534. The van der Waals surface area contributed by atoms with Gasteiger partial charge in [-0.15, -0.1) is 0 Å². The van der Waals surface area contributed by atoms with Gasteiger partial charge in [-0.3, -0.25) is 0 Å². The average molecular weight is 266 g/mol. The Balaban J connectivity index is 1.98. The minimum atomic E-state index is -0.830. The molecule has 5 heteroatoms. The summed E-state index contributed by atoms with van der Waals surface area (Å²) in [5.74, 6) is 1.04. The lowest BCUT2D eigenvalue weighted by Crippen LogP contribution is -2.34. The second-order valence-electron chi connectivity index (χ2n) is 4.76. The van der Waals surface area contributed by atoms with E-state index in [2.05, 4.69) is 6.07 Å². The zero-order valence-corrected chi connectivity index (χ0v) is 10.4. The summed E-state index contributed by atoms with van der Waals surface area (Å²) in [5.41, 5.74) is -0.0534. The van der Waals surface area contributed by atoms with E-state index >= 15 is 0 Å². The molecule has 0 aromatic heterocycles. The molecule has 0 saturated heterocycles. The molecule has 18 heavy (non-hydrogen) atoms. The molecule has 1 N–H and O–H groups in total. The average Bonchev–Trinajstić information content (AvgIpc) is 2.76. The molecule has 1 heterocycles. The highest BCUT2D eigenvalue weighted by Crippen LogP contribution is 2.51. The quantitative estimate of drug-likeness (QED) is 0.893. The lowest BCUT2D eigenvalue weighted by atomic mass is 9.64.